The van der Waals surface area contributed by atoms with E-state index in [2.05, 4.69) is 24.2 Å². The highest BCUT2D eigenvalue weighted by Crippen LogP contribution is 2.30. The van der Waals surface area contributed by atoms with Gasteiger partial charge in [-0.2, -0.15) is 0 Å². The SMILES string of the molecule is CC(C)Cc1csc(CC2CC(N)C2)n1. The van der Waals surface area contributed by atoms with E-state index in [-0.39, 0.29) is 0 Å². The van der Waals surface area contributed by atoms with E-state index < -0.39 is 0 Å². The van der Waals surface area contributed by atoms with Gasteiger partial charge < -0.3 is 5.73 Å². The molecule has 0 radical (unpaired) electrons. The zero-order chi connectivity index (χ0) is 10.8. The van der Waals surface area contributed by atoms with Crippen molar-refractivity contribution in [2.24, 2.45) is 17.6 Å². The minimum absolute atomic E-state index is 0.463. The fourth-order valence-corrected chi connectivity index (χ4v) is 3.08. The molecule has 15 heavy (non-hydrogen) atoms. The van der Waals surface area contributed by atoms with Crippen LogP contribution < -0.4 is 5.73 Å². The Balaban J connectivity index is 1.84. The number of nitrogens with two attached hydrogens (primary N) is 1. The van der Waals surface area contributed by atoms with Gasteiger partial charge in [-0.15, -0.1) is 11.3 Å². The van der Waals surface area contributed by atoms with Gasteiger partial charge in [0.15, 0.2) is 0 Å². The van der Waals surface area contributed by atoms with Crippen molar-refractivity contribution in [2.75, 3.05) is 0 Å². The average molecular weight is 224 g/mol. The minimum Gasteiger partial charge on any atom is -0.328 e. The van der Waals surface area contributed by atoms with Crippen LogP contribution in [0.5, 0.6) is 0 Å². The number of aromatic nitrogens is 1. The first-order valence-corrected chi connectivity index (χ1v) is 6.70. The van der Waals surface area contributed by atoms with Gasteiger partial charge in [-0.3, -0.25) is 0 Å². The van der Waals surface area contributed by atoms with Gasteiger partial charge in [0.2, 0.25) is 0 Å². The van der Waals surface area contributed by atoms with Gasteiger partial charge in [0.25, 0.3) is 0 Å². The Morgan fingerprint density at radius 2 is 2.27 bits per heavy atom. The predicted octanol–water partition coefficient (Wildman–Crippen LogP) is 2.62. The van der Waals surface area contributed by atoms with E-state index in [0.29, 0.717) is 12.0 Å². The molecular weight excluding hydrogens is 204 g/mol. The molecule has 0 aliphatic heterocycles. The number of hydrogen-bond acceptors (Lipinski definition) is 3. The minimum atomic E-state index is 0.463. The molecule has 0 saturated heterocycles. The van der Waals surface area contributed by atoms with Crippen molar-refractivity contribution in [3.63, 3.8) is 0 Å². The lowest BCUT2D eigenvalue weighted by Crippen LogP contribution is -2.37. The molecule has 1 saturated carbocycles. The molecule has 0 unspecified atom stereocenters. The molecule has 2 nitrogen and oxygen atoms in total. The Morgan fingerprint density at radius 1 is 1.53 bits per heavy atom. The summed E-state index contributed by atoms with van der Waals surface area (Å²) in [5.41, 5.74) is 7.05. The highest BCUT2D eigenvalue weighted by Gasteiger charge is 2.26. The van der Waals surface area contributed by atoms with Crippen molar-refractivity contribution in [1.29, 1.82) is 0 Å². The summed E-state index contributed by atoms with van der Waals surface area (Å²) in [4.78, 5) is 4.67. The molecule has 0 atom stereocenters. The first kappa shape index (κ1) is 11.1. The third kappa shape index (κ3) is 3.02. The highest BCUT2D eigenvalue weighted by molar-refractivity contribution is 7.09. The molecule has 1 aromatic rings. The maximum Gasteiger partial charge on any atom is 0.0931 e. The Kier molecular flexibility index (Phi) is 3.42. The highest BCUT2D eigenvalue weighted by atomic mass is 32.1. The second-order valence-electron chi connectivity index (χ2n) is 5.13. The quantitative estimate of drug-likeness (QED) is 0.854. The zero-order valence-corrected chi connectivity index (χ0v) is 10.4. The second-order valence-corrected chi connectivity index (χ2v) is 6.07. The Labute approximate surface area is 95.9 Å². The first-order valence-electron chi connectivity index (χ1n) is 5.82. The predicted molar refractivity (Wildman–Crippen MR) is 65.1 cm³/mol. The molecule has 0 amide bonds. The van der Waals surface area contributed by atoms with Crippen LogP contribution in [-0.2, 0) is 12.8 Å². The van der Waals surface area contributed by atoms with E-state index in [1.165, 1.54) is 23.5 Å². The summed E-state index contributed by atoms with van der Waals surface area (Å²) in [6.07, 6.45) is 4.65. The van der Waals surface area contributed by atoms with E-state index in [0.717, 1.165) is 18.8 Å². The molecule has 1 heterocycles. The van der Waals surface area contributed by atoms with Gasteiger partial charge in [-0.05, 0) is 31.1 Å². The van der Waals surface area contributed by atoms with Crippen molar-refractivity contribution in [2.45, 2.75) is 45.6 Å². The van der Waals surface area contributed by atoms with Gasteiger partial charge in [0.1, 0.15) is 0 Å². The molecule has 1 aliphatic carbocycles. The largest absolute Gasteiger partial charge is 0.328 e. The lowest BCUT2D eigenvalue weighted by molar-refractivity contribution is 0.264. The summed E-state index contributed by atoms with van der Waals surface area (Å²) in [6.45, 7) is 4.48. The summed E-state index contributed by atoms with van der Waals surface area (Å²) in [5, 5.41) is 3.52. The van der Waals surface area contributed by atoms with Crippen molar-refractivity contribution in [1.82, 2.24) is 4.98 Å². The maximum atomic E-state index is 5.78. The van der Waals surface area contributed by atoms with Gasteiger partial charge in [-0.1, -0.05) is 13.8 Å². The first-order chi connectivity index (χ1) is 7.13. The Morgan fingerprint density at radius 3 is 2.87 bits per heavy atom. The number of nitrogens with zero attached hydrogens (tertiary/aromatic N) is 1. The van der Waals surface area contributed by atoms with Crippen molar-refractivity contribution in [3.8, 4) is 0 Å². The van der Waals surface area contributed by atoms with E-state index in [4.69, 9.17) is 5.73 Å². The number of hydrogen-bond donors (Lipinski definition) is 1. The fourth-order valence-electron chi connectivity index (χ4n) is 2.16. The summed E-state index contributed by atoms with van der Waals surface area (Å²) >= 11 is 1.82. The van der Waals surface area contributed by atoms with Crippen LogP contribution in [0.4, 0.5) is 0 Å². The van der Waals surface area contributed by atoms with E-state index >= 15 is 0 Å². The molecule has 0 spiro atoms. The van der Waals surface area contributed by atoms with Crippen molar-refractivity contribution >= 4 is 11.3 Å². The van der Waals surface area contributed by atoms with Crippen LogP contribution in [0.3, 0.4) is 0 Å². The van der Waals surface area contributed by atoms with Crippen LogP contribution in [0.1, 0.15) is 37.4 Å². The van der Waals surface area contributed by atoms with Gasteiger partial charge in [0.05, 0.1) is 10.7 Å². The van der Waals surface area contributed by atoms with Crippen LogP contribution in [-0.4, -0.2) is 11.0 Å². The maximum absolute atomic E-state index is 5.78. The van der Waals surface area contributed by atoms with Crippen molar-refractivity contribution in [3.05, 3.63) is 16.1 Å². The van der Waals surface area contributed by atoms with Crippen LogP contribution in [0, 0.1) is 11.8 Å². The Bertz CT molecular complexity index is 313. The number of rotatable bonds is 4. The monoisotopic (exact) mass is 224 g/mol. The molecular formula is C12H20N2S. The van der Waals surface area contributed by atoms with Crippen LogP contribution in [0.2, 0.25) is 0 Å². The molecule has 1 aliphatic rings. The summed E-state index contributed by atoms with van der Waals surface area (Å²) in [7, 11) is 0. The normalized spacial score (nSPS) is 25.6. The fraction of sp³-hybridized carbons (Fsp3) is 0.750. The lowest BCUT2D eigenvalue weighted by Gasteiger charge is -2.31. The molecule has 2 rings (SSSR count). The summed E-state index contributed by atoms with van der Waals surface area (Å²) < 4.78 is 0. The molecule has 0 aromatic carbocycles. The van der Waals surface area contributed by atoms with Crippen LogP contribution >= 0.6 is 11.3 Å². The Hall–Kier alpha value is -0.410. The lowest BCUT2D eigenvalue weighted by atomic mass is 9.79. The van der Waals surface area contributed by atoms with Crippen LogP contribution in [0.25, 0.3) is 0 Å². The molecule has 3 heteroatoms. The topological polar surface area (TPSA) is 38.9 Å². The van der Waals surface area contributed by atoms with Gasteiger partial charge >= 0.3 is 0 Å². The smallest absolute Gasteiger partial charge is 0.0931 e. The summed E-state index contributed by atoms with van der Waals surface area (Å²) in [6, 6.07) is 0.463. The second kappa shape index (κ2) is 4.62. The molecule has 1 aromatic heterocycles. The van der Waals surface area contributed by atoms with E-state index in [1.807, 2.05) is 11.3 Å². The van der Waals surface area contributed by atoms with Gasteiger partial charge in [-0.25, -0.2) is 4.98 Å². The molecule has 0 bridgehead atoms. The average Bonchev–Trinajstić information content (AvgIpc) is 2.48. The van der Waals surface area contributed by atoms with Crippen molar-refractivity contribution < 1.29 is 0 Å². The number of thiazole rings is 1. The molecule has 1 fully saturated rings. The van der Waals surface area contributed by atoms with E-state index in [1.54, 1.807) is 0 Å². The third-order valence-corrected chi connectivity index (χ3v) is 3.87. The van der Waals surface area contributed by atoms with Gasteiger partial charge in [0, 0.05) is 17.8 Å². The molecule has 2 N–H and O–H groups in total. The summed E-state index contributed by atoms with van der Waals surface area (Å²) in [5.74, 6) is 1.51. The molecule has 84 valence electrons. The standard InChI is InChI=1S/C12H20N2S/c1-8(2)3-11-7-15-12(14-11)6-9-4-10(13)5-9/h7-10H,3-6,13H2,1-2H3. The van der Waals surface area contributed by atoms with E-state index in [9.17, 15) is 0 Å². The van der Waals surface area contributed by atoms with Crippen LogP contribution in [0.15, 0.2) is 5.38 Å². The zero-order valence-electron chi connectivity index (χ0n) is 9.57. The third-order valence-electron chi connectivity index (χ3n) is 2.95.